The summed E-state index contributed by atoms with van der Waals surface area (Å²) >= 11 is 1.18. The monoisotopic (exact) mass is 239 g/mol. The number of thioether (sulfide) groups is 1. The van der Waals surface area contributed by atoms with Crippen LogP contribution in [-0.2, 0) is 4.79 Å². The average molecular weight is 239 g/mol. The van der Waals surface area contributed by atoms with Gasteiger partial charge in [-0.05, 0) is 6.92 Å². The first-order chi connectivity index (χ1) is 7.58. The van der Waals surface area contributed by atoms with E-state index < -0.39 is 5.91 Å². The summed E-state index contributed by atoms with van der Waals surface area (Å²) in [6.07, 6.45) is 0. The number of aromatic amines is 1. The number of H-pyrrole nitrogens is 1. The molecule has 2 rings (SSSR count). The molecule has 8 heteroatoms. The van der Waals surface area contributed by atoms with Crippen molar-refractivity contribution in [1.82, 2.24) is 19.6 Å². The number of primary amides is 1. The second-order valence-electron chi connectivity index (χ2n) is 3.17. The van der Waals surface area contributed by atoms with Gasteiger partial charge < -0.3 is 5.73 Å². The Balaban J connectivity index is 2.47. The van der Waals surface area contributed by atoms with Crippen molar-refractivity contribution < 1.29 is 4.79 Å². The molecule has 0 saturated carbocycles. The molecule has 0 atom stereocenters. The molecule has 0 spiro atoms. The molecule has 3 N–H and O–H groups in total. The molecule has 0 unspecified atom stereocenters. The minimum Gasteiger partial charge on any atom is -0.369 e. The molecular formula is C8H9N5O2S. The summed E-state index contributed by atoms with van der Waals surface area (Å²) in [5.41, 5.74) is 5.51. The number of nitrogens with zero attached hydrogens (tertiary/aromatic N) is 3. The molecule has 84 valence electrons. The first-order valence-electron chi connectivity index (χ1n) is 4.44. The van der Waals surface area contributed by atoms with Gasteiger partial charge in [0.05, 0.1) is 5.75 Å². The Morgan fingerprint density at radius 1 is 1.62 bits per heavy atom. The smallest absolute Gasteiger partial charge is 0.252 e. The Morgan fingerprint density at radius 3 is 3.06 bits per heavy atom. The summed E-state index contributed by atoms with van der Waals surface area (Å²) < 4.78 is 1.66. The van der Waals surface area contributed by atoms with Crippen molar-refractivity contribution >= 4 is 23.4 Å². The van der Waals surface area contributed by atoms with Gasteiger partial charge in [-0.2, -0.15) is 0 Å². The highest BCUT2D eigenvalue weighted by Crippen LogP contribution is 2.16. The Kier molecular flexibility index (Phi) is 2.65. The normalized spacial score (nSPS) is 10.8. The maximum atomic E-state index is 11.2. The van der Waals surface area contributed by atoms with Crippen molar-refractivity contribution in [1.29, 1.82) is 0 Å². The SMILES string of the molecule is Cc1cc(=O)[nH]c2nnc(SCC(N)=O)n12. The van der Waals surface area contributed by atoms with E-state index in [0.29, 0.717) is 16.6 Å². The summed E-state index contributed by atoms with van der Waals surface area (Å²) in [4.78, 5) is 24.4. The van der Waals surface area contributed by atoms with E-state index in [1.807, 2.05) is 0 Å². The van der Waals surface area contributed by atoms with Crippen LogP contribution >= 0.6 is 11.8 Å². The van der Waals surface area contributed by atoms with E-state index in [-0.39, 0.29) is 11.3 Å². The van der Waals surface area contributed by atoms with Gasteiger partial charge in [-0.3, -0.25) is 19.0 Å². The lowest BCUT2D eigenvalue weighted by Crippen LogP contribution is -2.14. The van der Waals surface area contributed by atoms with Crippen LogP contribution in [0.15, 0.2) is 16.0 Å². The van der Waals surface area contributed by atoms with Gasteiger partial charge in [0.25, 0.3) is 5.56 Å². The van der Waals surface area contributed by atoms with Gasteiger partial charge in [0.1, 0.15) is 0 Å². The zero-order chi connectivity index (χ0) is 11.7. The number of hydrogen-bond acceptors (Lipinski definition) is 5. The largest absolute Gasteiger partial charge is 0.369 e. The van der Waals surface area contributed by atoms with Crippen molar-refractivity contribution in [3.05, 3.63) is 22.1 Å². The number of amides is 1. The van der Waals surface area contributed by atoms with E-state index in [4.69, 9.17) is 5.73 Å². The lowest BCUT2D eigenvalue weighted by atomic mass is 10.4. The molecule has 0 saturated heterocycles. The zero-order valence-corrected chi connectivity index (χ0v) is 9.24. The first-order valence-corrected chi connectivity index (χ1v) is 5.42. The van der Waals surface area contributed by atoms with E-state index in [0.717, 1.165) is 0 Å². The van der Waals surface area contributed by atoms with Crippen molar-refractivity contribution in [2.24, 2.45) is 5.73 Å². The number of nitrogens with two attached hydrogens (primary N) is 1. The van der Waals surface area contributed by atoms with Crippen LogP contribution < -0.4 is 11.3 Å². The molecule has 0 bridgehead atoms. The number of nitrogens with one attached hydrogen (secondary N) is 1. The summed E-state index contributed by atoms with van der Waals surface area (Å²) in [6.45, 7) is 1.76. The second kappa shape index (κ2) is 3.97. The van der Waals surface area contributed by atoms with Gasteiger partial charge in [-0.25, -0.2) is 0 Å². The van der Waals surface area contributed by atoms with Gasteiger partial charge >= 0.3 is 0 Å². The number of rotatable bonds is 3. The van der Waals surface area contributed by atoms with Gasteiger partial charge in [-0.15, -0.1) is 10.2 Å². The zero-order valence-electron chi connectivity index (χ0n) is 8.43. The number of aromatic nitrogens is 4. The number of fused-ring (bicyclic) bond motifs is 1. The maximum Gasteiger partial charge on any atom is 0.252 e. The van der Waals surface area contributed by atoms with Crippen molar-refractivity contribution in [2.45, 2.75) is 12.1 Å². The number of aryl methyl sites for hydroxylation is 1. The van der Waals surface area contributed by atoms with E-state index in [9.17, 15) is 9.59 Å². The van der Waals surface area contributed by atoms with Crippen LogP contribution in [0.1, 0.15) is 5.69 Å². The highest BCUT2D eigenvalue weighted by molar-refractivity contribution is 7.99. The van der Waals surface area contributed by atoms with Crippen LogP contribution in [-0.4, -0.2) is 31.2 Å². The summed E-state index contributed by atoms with van der Waals surface area (Å²) in [5.74, 6) is 0.0557. The van der Waals surface area contributed by atoms with Crippen LogP contribution in [0, 0.1) is 6.92 Å². The van der Waals surface area contributed by atoms with Crippen LogP contribution in [0.5, 0.6) is 0 Å². The second-order valence-corrected chi connectivity index (χ2v) is 4.11. The standard InChI is InChI=1S/C8H9N5O2S/c1-4-2-6(15)10-7-11-12-8(13(4)7)16-3-5(9)14/h2H,3H2,1H3,(H2,9,14)(H,10,11,15). The molecule has 2 heterocycles. The third-order valence-electron chi connectivity index (χ3n) is 1.90. The van der Waals surface area contributed by atoms with Gasteiger partial charge in [0.15, 0.2) is 5.16 Å². The van der Waals surface area contributed by atoms with Crippen LogP contribution in [0.25, 0.3) is 5.78 Å². The Morgan fingerprint density at radius 2 is 2.38 bits per heavy atom. The van der Waals surface area contributed by atoms with Gasteiger partial charge in [0.2, 0.25) is 11.7 Å². The fourth-order valence-corrected chi connectivity index (χ4v) is 2.03. The third-order valence-corrected chi connectivity index (χ3v) is 2.86. The van der Waals surface area contributed by atoms with Crippen molar-refractivity contribution in [3.8, 4) is 0 Å². The molecule has 0 aliphatic carbocycles. The Bertz CT molecular complexity index is 602. The molecule has 0 radical (unpaired) electrons. The molecule has 2 aromatic rings. The van der Waals surface area contributed by atoms with Crippen LogP contribution in [0.4, 0.5) is 0 Å². The Hall–Kier alpha value is -1.83. The fraction of sp³-hybridized carbons (Fsp3) is 0.250. The topological polar surface area (TPSA) is 106 Å². The van der Waals surface area contributed by atoms with E-state index in [1.165, 1.54) is 17.8 Å². The summed E-state index contributed by atoms with van der Waals surface area (Å²) in [5, 5.41) is 8.20. The van der Waals surface area contributed by atoms with E-state index >= 15 is 0 Å². The molecule has 0 aliphatic heterocycles. The minimum absolute atomic E-state index is 0.124. The molecule has 0 aromatic carbocycles. The average Bonchev–Trinajstić information content (AvgIpc) is 2.57. The van der Waals surface area contributed by atoms with E-state index in [1.54, 1.807) is 11.3 Å². The number of hydrogen-bond donors (Lipinski definition) is 2. The predicted molar refractivity (Wildman–Crippen MR) is 58.3 cm³/mol. The number of carbonyl (C=O) groups excluding carboxylic acids is 1. The molecule has 1 amide bonds. The Labute approximate surface area is 94.1 Å². The first kappa shape index (κ1) is 10.7. The quantitative estimate of drug-likeness (QED) is 0.689. The van der Waals surface area contributed by atoms with Gasteiger partial charge in [0, 0.05) is 11.8 Å². The molecule has 0 fully saturated rings. The lowest BCUT2D eigenvalue weighted by Gasteiger charge is -2.00. The van der Waals surface area contributed by atoms with Crippen molar-refractivity contribution in [2.75, 3.05) is 5.75 Å². The van der Waals surface area contributed by atoms with Gasteiger partial charge in [-0.1, -0.05) is 11.8 Å². The van der Waals surface area contributed by atoms with Crippen LogP contribution in [0.2, 0.25) is 0 Å². The third kappa shape index (κ3) is 1.91. The lowest BCUT2D eigenvalue weighted by molar-refractivity contribution is -0.115. The van der Waals surface area contributed by atoms with Crippen LogP contribution in [0.3, 0.4) is 0 Å². The van der Waals surface area contributed by atoms with Crippen molar-refractivity contribution in [3.63, 3.8) is 0 Å². The minimum atomic E-state index is -0.427. The molecule has 2 aromatic heterocycles. The summed E-state index contributed by atoms with van der Waals surface area (Å²) in [7, 11) is 0. The molecule has 7 nitrogen and oxygen atoms in total. The molecule has 16 heavy (non-hydrogen) atoms. The molecule has 0 aliphatic rings. The highest BCUT2D eigenvalue weighted by Gasteiger charge is 2.10. The summed E-state index contributed by atoms with van der Waals surface area (Å²) in [6, 6.07) is 1.44. The highest BCUT2D eigenvalue weighted by atomic mass is 32.2. The van der Waals surface area contributed by atoms with E-state index in [2.05, 4.69) is 15.2 Å². The predicted octanol–water partition coefficient (Wildman–Crippen LogP) is -0.697. The maximum absolute atomic E-state index is 11.2. The molecular weight excluding hydrogens is 230 g/mol. The fourth-order valence-electron chi connectivity index (χ4n) is 1.30. The number of carbonyl (C=O) groups is 1.